The third-order valence-electron chi connectivity index (χ3n) is 3.74. The fourth-order valence-electron chi connectivity index (χ4n) is 2.52. The fraction of sp³-hybridized carbons (Fsp3) is 0.222. The zero-order valence-electron chi connectivity index (χ0n) is 13.9. The Morgan fingerprint density at radius 2 is 1.96 bits per heavy atom. The Morgan fingerprint density at radius 3 is 2.60 bits per heavy atom. The van der Waals surface area contributed by atoms with Gasteiger partial charge in [0.05, 0.1) is 15.6 Å². The Hall–Kier alpha value is -2.24. The van der Waals surface area contributed by atoms with Crippen LogP contribution in [-0.2, 0) is 0 Å². The van der Waals surface area contributed by atoms with Crippen LogP contribution in [0, 0.1) is 5.41 Å². The van der Waals surface area contributed by atoms with Crippen LogP contribution in [0.1, 0.15) is 24.2 Å². The molecule has 5 nitrogen and oxygen atoms in total. The first-order chi connectivity index (χ1) is 11.8. The molecular formula is C18H18Cl2N4O. The minimum atomic E-state index is -0.368. The van der Waals surface area contributed by atoms with Gasteiger partial charge in [0.2, 0.25) is 0 Å². The van der Waals surface area contributed by atoms with Crippen molar-refractivity contribution in [3.63, 3.8) is 0 Å². The summed E-state index contributed by atoms with van der Waals surface area (Å²) in [6.45, 7) is 5.15. The number of halogens is 2. The van der Waals surface area contributed by atoms with Crippen molar-refractivity contribution in [3.05, 3.63) is 64.0 Å². The smallest absolute Gasteiger partial charge is 0.258 e. The van der Waals surface area contributed by atoms with E-state index < -0.39 is 0 Å². The quantitative estimate of drug-likeness (QED) is 0.733. The molecule has 0 radical (unpaired) electrons. The minimum absolute atomic E-state index is 0.0922. The van der Waals surface area contributed by atoms with E-state index >= 15 is 0 Å². The second kappa shape index (κ2) is 6.94. The van der Waals surface area contributed by atoms with Gasteiger partial charge in [0.15, 0.2) is 0 Å². The van der Waals surface area contributed by atoms with Gasteiger partial charge >= 0.3 is 0 Å². The van der Waals surface area contributed by atoms with E-state index in [1.807, 2.05) is 0 Å². The zero-order valence-corrected chi connectivity index (χ0v) is 15.4. The molecule has 0 fully saturated rings. The van der Waals surface area contributed by atoms with Crippen LogP contribution >= 0.6 is 23.2 Å². The first kappa shape index (κ1) is 17.6. The minimum Gasteiger partial charge on any atom is -0.371 e. The summed E-state index contributed by atoms with van der Waals surface area (Å²) in [5.74, 6) is 1.15. The number of anilines is 2. The highest BCUT2D eigenvalue weighted by Crippen LogP contribution is 2.26. The molecule has 1 aliphatic heterocycles. The lowest BCUT2D eigenvalue weighted by atomic mass is 9.96. The van der Waals surface area contributed by atoms with Gasteiger partial charge in [0, 0.05) is 29.9 Å². The third kappa shape index (κ3) is 4.24. The first-order valence-electron chi connectivity index (χ1n) is 7.79. The fourth-order valence-corrected chi connectivity index (χ4v) is 3.09. The summed E-state index contributed by atoms with van der Waals surface area (Å²) in [4.78, 5) is 16.7. The van der Waals surface area contributed by atoms with Crippen LogP contribution in [0.3, 0.4) is 0 Å². The molecule has 1 amide bonds. The number of carbonyl (C=O) groups is 1. The van der Waals surface area contributed by atoms with Crippen molar-refractivity contribution in [1.82, 2.24) is 10.3 Å². The van der Waals surface area contributed by atoms with Crippen molar-refractivity contribution in [2.24, 2.45) is 5.41 Å². The number of pyridine rings is 1. The molecule has 0 saturated carbocycles. The van der Waals surface area contributed by atoms with Gasteiger partial charge in [-0.2, -0.15) is 0 Å². The summed E-state index contributed by atoms with van der Waals surface area (Å²) in [7, 11) is 0. The summed E-state index contributed by atoms with van der Waals surface area (Å²) in [6, 6.07) is 8.40. The number of nitrogens with one attached hydrogen (secondary N) is 3. The van der Waals surface area contributed by atoms with E-state index in [0.717, 1.165) is 12.4 Å². The highest BCUT2D eigenvalue weighted by molar-refractivity contribution is 6.40. The normalized spacial score (nSPS) is 15.3. The van der Waals surface area contributed by atoms with Crippen LogP contribution in [0.5, 0.6) is 0 Å². The van der Waals surface area contributed by atoms with Gasteiger partial charge in [-0.15, -0.1) is 0 Å². The SMILES string of the molecule is CC1(C)C=C(Nc2cc(NC(=O)c3c(Cl)cccc3Cl)ccn2)NC1. The topological polar surface area (TPSA) is 66.0 Å². The van der Waals surface area contributed by atoms with Gasteiger partial charge in [0.1, 0.15) is 11.6 Å². The van der Waals surface area contributed by atoms with E-state index in [1.165, 1.54) is 0 Å². The number of hydrogen-bond acceptors (Lipinski definition) is 4. The zero-order chi connectivity index (χ0) is 18.0. The van der Waals surface area contributed by atoms with E-state index in [0.29, 0.717) is 21.6 Å². The Morgan fingerprint density at radius 1 is 1.24 bits per heavy atom. The monoisotopic (exact) mass is 376 g/mol. The molecule has 0 unspecified atom stereocenters. The van der Waals surface area contributed by atoms with E-state index in [4.69, 9.17) is 23.2 Å². The number of benzene rings is 1. The standard InChI is InChI=1S/C18H18Cl2N4O/c1-18(2)9-15(22-10-18)24-14-8-11(6-7-21-14)23-17(25)16-12(19)4-3-5-13(16)20/h3-9,22H,10H2,1-2H3,(H2,21,23,24,25). The maximum Gasteiger partial charge on any atom is 0.258 e. The van der Waals surface area contributed by atoms with Gasteiger partial charge in [-0.1, -0.05) is 43.1 Å². The lowest BCUT2D eigenvalue weighted by Crippen LogP contribution is -2.20. The molecule has 2 heterocycles. The second-order valence-corrected chi connectivity index (χ2v) is 7.32. The van der Waals surface area contributed by atoms with Crippen molar-refractivity contribution in [2.75, 3.05) is 17.2 Å². The highest BCUT2D eigenvalue weighted by atomic mass is 35.5. The van der Waals surface area contributed by atoms with E-state index in [1.54, 1.807) is 36.5 Å². The van der Waals surface area contributed by atoms with Crippen LogP contribution in [0.15, 0.2) is 48.4 Å². The second-order valence-electron chi connectivity index (χ2n) is 6.51. The molecule has 130 valence electrons. The molecule has 7 heteroatoms. The van der Waals surface area contributed by atoms with Crippen molar-refractivity contribution in [3.8, 4) is 0 Å². The van der Waals surface area contributed by atoms with Gasteiger partial charge in [-0.3, -0.25) is 4.79 Å². The predicted octanol–water partition coefficient (Wildman–Crippen LogP) is 4.52. The van der Waals surface area contributed by atoms with Crippen LogP contribution in [0.4, 0.5) is 11.5 Å². The molecule has 0 saturated heterocycles. The average Bonchev–Trinajstić information content (AvgIpc) is 2.86. The van der Waals surface area contributed by atoms with Crippen LogP contribution in [-0.4, -0.2) is 17.4 Å². The predicted molar refractivity (Wildman–Crippen MR) is 102 cm³/mol. The van der Waals surface area contributed by atoms with Crippen molar-refractivity contribution < 1.29 is 4.79 Å². The summed E-state index contributed by atoms with van der Waals surface area (Å²) >= 11 is 12.2. The first-order valence-corrected chi connectivity index (χ1v) is 8.55. The number of nitrogens with zero attached hydrogens (tertiary/aromatic N) is 1. The molecule has 3 N–H and O–H groups in total. The van der Waals surface area contributed by atoms with E-state index in [-0.39, 0.29) is 16.9 Å². The number of rotatable bonds is 4. The molecular weight excluding hydrogens is 359 g/mol. The molecule has 1 aliphatic rings. The van der Waals surface area contributed by atoms with Crippen LogP contribution in [0.2, 0.25) is 10.0 Å². The van der Waals surface area contributed by atoms with Crippen molar-refractivity contribution >= 4 is 40.6 Å². The molecule has 0 atom stereocenters. The Balaban J connectivity index is 1.75. The molecule has 2 aromatic rings. The average molecular weight is 377 g/mol. The van der Waals surface area contributed by atoms with Gasteiger partial charge in [-0.25, -0.2) is 4.98 Å². The maximum absolute atomic E-state index is 12.5. The van der Waals surface area contributed by atoms with Gasteiger partial charge in [0.25, 0.3) is 5.91 Å². The van der Waals surface area contributed by atoms with E-state index in [9.17, 15) is 4.79 Å². The summed E-state index contributed by atoms with van der Waals surface area (Å²) in [5.41, 5.74) is 0.935. The lowest BCUT2D eigenvalue weighted by molar-refractivity contribution is 0.102. The van der Waals surface area contributed by atoms with E-state index in [2.05, 4.69) is 40.9 Å². The lowest BCUT2D eigenvalue weighted by Gasteiger charge is -2.11. The van der Waals surface area contributed by atoms with Crippen LogP contribution in [0.25, 0.3) is 0 Å². The maximum atomic E-state index is 12.5. The largest absolute Gasteiger partial charge is 0.371 e. The van der Waals surface area contributed by atoms with Gasteiger partial charge in [-0.05, 0) is 24.3 Å². The Kier molecular flexibility index (Phi) is 4.88. The molecule has 1 aromatic heterocycles. The highest BCUT2D eigenvalue weighted by Gasteiger charge is 2.22. The third-order valence-corrected chi connectivity index (χ3v) is 4.37. The number of amides is 1. The Bertz CT molecular complexity index is 828. The Labute approximate surface area is 156 Å². The van der Waals surface area contributed by atoms with Crippen molar-refractivity contribution in [2.45, 2.75) is 13.8 Å². The summed E-state index contributed by atoms with van der Waals surface area (Å²) < 4.78 is 0. The van der Waals surface area contributed by atoms with Crippen molar-refractivity contribution in [1.29, 1.82) is 0 Å². The van der Waals surface area contributed by atoms with Crippen LogP contribution < -0.4 is 16.0 Å². The molecule has 0 bridgehead atoms. The van der Waals surface area contributed by atoms with Gasteiger partial charge < -0.3 is 16.0 Å². The summed E-state index contributed by atoms with van der Waals surface area (Å²) in [5, 5.41) is 9.90. The number of hydrogen-bond donors (Lipinski definition) is 3. The summed E-state index contributed by atoms with van der Waals surface area (Å²) in [6.07, 6.45) is 3.73. The number of aromatic nitrogens is 1. The molecule has 0 spiro atoms. The molecule has 1 aromatic carbocycles. The molecule has 3 rings (SSSR count). The molecule has 0 aliphatic carbocycles. The number of carbonyl (C=O) groups excluding carboxylic acids is 1. The molecule has 25 heavy (non-hydrogen) atoms.